The maximum Gasteiger partial charge on any atom is 0.128 e. The van der Waals surface area contributed by atoms with E-state index in [-0.39, 0.29) is 0 Å². The minimum atomic E-state index is 0.657. The van der Waals surface area contributed by atoms with Gasteiger partial charge < -0.3 is 10.5 Å². The summed E-state index contributed by atoms with van der Waals surface area (Å²) < 4.78 is 5.86. The standard InChI is InChI=1S/C15H14N2OS/c16-13-3-4-14(12-2-1-7-17-15(12)13)18-8-5-11-6-9-19-10-11/h1-4,6-7,9-10H,5,8,16H2. The van der Waals surface area contributed by atoms with Gasteiger partial charge in [0, 0.05) is 18.0 Å². The predicted molar refractivity (Wildman–Crippen MR) is 79.7 cm³/mol. The third-order valence-corrected chi connectivity index (χ3v) is 3.72. The maximum absolute atomic E-state index is 5.91. The number of pyridine rings is 1. The molecule has 1 aromatic carbocycles. The van der Waals surface area contributed by atoms with Crippen LogP contribution in [-0.2, 0) is 6.42 Å². The van der Waals surface area contributed by atoms with Gasteiger partial charge in [-0.05, 0) is 46.7 Å². The van der Waals surface area contributed by atoms with Gasteiger partial charge in [0.25, 0.3) is 0 Å². The first-order valence-corrected chi connectivity index (χ1v) is 7.06. The van der Waals surface area contributed by atoms with Gasteiger partial charge in [-0.25, -0.2) is 0 Å². The lowest BCUT2D eigenvalue weighted by Gasteiger charge is -2.09. The maximum atomic E-state index is 5.91. The molecule has 2 aromatic heterocycles. The number of nitrogen functional groups attached to an aromatic ring is 1. The monoisotopic (exact) mass is 270 g/mol. The van der Waals surface area contributed by atoms with Crippen LogP contribution in [-0.4, -0.2) is 11.6 Å². The molecule has 0 atom stereocenters. The molecule has 0 fully saturated rings. The zero-order valence-corrected chi connectivity index (χ0v) is 11.2. The van der Waals surface area contributed by atoms with Crippen LogP contribution in [0.5, 0.6) is 5.75 Å². The van der Waals surface area contributed by atoms with E-state index >= 15 is 0 Å². The summed E-state index contributed by atoms with van der Waals surface area (Å²) in [5.74, 6) is 0.840. The fourth-order valence-corrected chi connectivity index (χ4v) is 2.71. The second-order valence-electron chi connectivity index (χ2n) is 4.28. The van der Waals surface area contributed by atoms with Crippen molar-refractivity contribution in [3.05, 3.63) is 52.9 Å². The van der Waals surface area contributed by atoms with Crippen LogP contribution in [0.1, 0.15) is 5.56 Å². The summed E-state index contributed by atoms with van der Waals surface area (Å²) in [6.45, 7) is 0.657. The van der Waals surface area contributed by atoms with E-state index in [2.05, 4.69) is 21.8 Å². The summed E-state index contributed by atoms with van der Waals surface area (Å²) in [4.78, 5) is 4.30. The van der Waals surface area contributed by atoms with Crippen molar-refractivity contribution in [2.45, 2.75) is 6.42 Å². The molecule has 0 bridgehead atoms. The number of hydrogen-bond acceptors (Lipinski definition) is 4. The number of thiophene rings is 1. The van der Waals surface area contributed by atoms with E-state index in [1.807, 2.05) is 24.3 Å². The van der Waals surface area contributed by atoms with Crippen LogP contribution in [0, 0.1) is 0 Å². The molecular formula is C15H14N2OS. The van der Waals surface area contributed by atoms with Crippen molar-refractivity contribution in [1.29, 1.82) is 0 Å². The highest BCUT2D eigenvalue weighted by atomic mass is 32.1. The molecule has 3 aromatic rings. The van der Waals surface area contributed by atoms with Crippen molar-refractivity contribution in [2.24, 2.45) is 0 Å². The lowest BCUT2D eigenvalue weighted by molar-refractivity contribution is 0.326. The van der Waals surface area contributed by atoms with Gasteiger partial charge in [0.1, 0.15) is 5.75 Å². The highest BCUT2D eigenvalue weighted by molar-refractivity contribution is 7.07. The molecule has 3 nitrogen and oxygen atoms in total. The van der Waals surface area contributed by atoms with E-state index in [0.717, 1.165) is 23.1 Å². The number of hydrogen-bond donors (Lipinski definition) is 1. The molecule has 0 radical (unpaired) electrons. The fourth-order valence-electron chi connectivity index (χ4n) is 2.01. The Morgan fingerprint density at radius 3 is 3.00 bits per heavy atom. The first-order chi connectivity index (χ1) is 9.34. The summed E-state index contributed by atoms with van der Waals surface area (Å²) in [6, 6.07) is 9.75. The smallest absolute Gasteiger partial charge is 0.128 e. The van der Waals surface area contributed by atoms with Crippen molar-refractivity contribution < 1.29 is 4.74 Å². The van der Waals surface area contributed by atoms with E-state index in [1.54, 1.807) is 17.5 Å². The van der Waals surface area contributed by atoms with E-state index in [9.17, 15) is 0 Å². The zero-order valence-electron chi connectivity index (χ0n) is 10.4. The van der Waals surface area contributed by atoms with Gasteiger partial charge in [-0.1, -0.05) is 0 Å². The number of rotatable bonds is 4. The van der Waals surface area contributed by atoms with Crippen molar-refractivity contribution in [2.75, 3.05) is 12.3 Å². The lowest BCUT2D eigenvalue weighted by atomic mass is 10.1. The quantitative estimate of drug-likeness (QED) is 0.738. The molecule has 0 saturated heterocycles. The zero-order chi connectivity index (χ0) is 13.1. The van der Waals surface area contributed by atoms with Crippen LogP contribution < -0.4 is 10.5 Å². The van der Waals surface area contributed by atoms with Crippen LogP contribution in [0.25, 0.3) is 10.9 Å². The van der Waals surface area contributed by atoms with Gasteiger partial charge in [-0.2, -0.15) is 11.3 Å². The Bertz CT molecular complexity index is 680. The topological polar surface area (TPSA) is 48.1 Å². The Balaban J connectivity index is 1.79. The number of aromatic nitrogens is 1. The highest BCUT2D eigenvalue weighted by Crippen LogP contribution is 2.28. The molecule has 0 aliphatic rings. The third kappa shape index (κ3) is 2.53. The third-order valence-electron chi connectivity index (χ3n) is 2.99. The number of fused-ring (bicyclic) bond motifs is 1. The van der Waals surface area contributed by atoms with Gasteiger partial charge in [0.2, 0.25) is 0 Å². The molecule has 19 heavy (non-hydrogen) atoms. The van der Waals surface area contributed by atoms with Crippen LogP contribution in [0.3, 0.4) is 0 Å². The molecule has 4 heteroatoms. The van der Waals surface area contributed by atoms with Gasteiger partial charge >= 0.3 is 0 Å². The molecule has 0 amide bonds. The first-order valence-electron chi connectivity index (χ1n) is 6.11. The number of nitrogens with zero attached hydrogens (tertiary/aromatic N) is 1. The van der Waals surface area contributed by atoms with E-state index in [4.69, 9.17) is 10.5 Å². The van der Waals surface area contributed by atoms with Crippen molar-refractivity contribution in [3.63, 3.8) is 0 Å². The van der Waals surface area contributed by atoms with E-state index in [1.165, 1.54) is 5.56 Å². The number of ether oxygens (including phenoxy) is 1. The SMILES string of the molecule is Nc1ccc(OCCc2ccsc2)c2cccnc12. The van der Waals surface area contributed by atoms with Crippen LogP contribution in [0.15, 0.2) is 47.3 Å². The van der Waals surface area contributed by atoms with Gasteiger partial charge in [0.15, 0.2) is 0 Å². The summed E-state index contributed by atoms with van der Waals surface area (Å²) in [5.41, 5.74) is 8.71. The Morgan fingerprint density at radius 1 is 1.21 bits per heavy atom. The van der Waals surface area contributed by atoms with Gasteiger partial charge in [-0.15, -0.1) is 0 Å². The minimum absolute atomic E-state index is 0.657. The average molecular weight is 270 g/mol. The molecule has 3 rings (SSSR count). The van der Waals surface area contributed by atoms with E-state index in [0.29, 0.717) is 12.3 Å². The van der Waals surface area contributed by atoms with Gasteiger partial charge in [0.05, 0.1) is 17.8 Å². The summed E-state index contributed by atoms with van der Waals surface area (Å²) >= 11 is 1.71. The Hall–Kier alpha value is -2.07. The minimum Gasteiger partial charge on any atom is -0.493 e. The number of benzene rings is 1. The molecule has 2 N–H and O–H groups in total. The van der Waals surface area contributed by atoms with E-state index < -0.39 is 0 Å². The highest BCUT2D eigenvalue weighted by Gasteiger charge is 2.05. The van der Waals surface area contributed by atoms with Crippen molar-refractivity contribution >= 4 is 27.9 Å². The van der Waals surface area contributed by atoms with Crippen LogP contribution in [0.4, 0.5) is 5.69 Å². The molecule has 0 spiro atoms. The average Bonchev–Trinajstić information content (AvgIpc) is 2.95. The van der Waals surface area contributed by atoms with Crippen molar-refractivity contribution in [3.8, 4) is 5.75 Å². The molecule has 0 saturated carbocycles. The molecular weight excluding hydrogens is 256 g/mol. The second-order valence-corrected chi connectivity index (χ2v) is 5.06. The molecule has 0 aliphatic carbocycles. The molecule has 0 aliphatic heterocycles. The molecule has 96 valence electrons. The van der Waals surface area contributed by atoms with Crippen LogP contribution >= 0.6 is 11.3 Å². The fraction of sp³-hybridized carbons (Fsp3) is 0.133. The lowest BCUT2D eigenvalue weighted by Crippen LogP contribution is -2.01. The summed E-state index contributed by atoms with van der Waals surface area (Å²) in [6.07, 6.45) is 2.66. The Kier molecular flexibility index (Phi) is 3.33. The molecule has 0 unspecified atom stereocenters. The summed E-state index contributed by atoms with van der Waals surface area (Å²) in [5, 5.41) is 5.19. The molecule has 2 heterocycles. The normalized spacial score (nSPS) is 10.7. The van der Waals surface area contributed by atoms with Gasteiger partial charge in [-0.3, -0.25) is 4.98 Å². The largest absolute Gasteiger partial charge is 0.493 e. The van der Waals surface area contributed by atoms with Crippen molar-refractivity contribution in [1.82, 2.24) is 4.98 Å². The first kappa shape index (κ1) is 12.0. The number of nitrogens with two attached hydrogens (primary N) is 1. The summed E-state index contributed by atoms with van der Waals surface area (Å²) in [7, 11) is 0. The second kappa shape index (κ2) is 5.28. The van der Waals surface area contributed by atoms with Crippen LogP contribution in [0.2, 0.25) is 0 Å². The number of anilines is 1. The predicted octanol–water partition coefficient (Wildman–Crippen LogP) is 3.50. The Labute approximate surface area is 115 Å². The Morgan fingerprint density at radius 2 is 2.16 bits per heavy atom.